The summed E-state index contributed by atoms with van der Waals surface area (Å²) in [5.41, 5.74) is 0.832. The van der Waals surface area contributed by atoms with Crippen molar-refractivity contribution in [3.63, 3.8) is 0 Å². The highest BCUT2D eigenvalue weighted by atomic mass is 32.1. The molecule has 142 valence electrons. The fraction of sp³-hybridized carbons (Fsp3) is 0.421. The van der Waals surface area contributed by atoms with Crippen molar-refractivity contribution in [1.82, 2.24) is 19.8 Å². The van der Waals surface area contributed by atoms with E-state index < -0.39 is 0 Å². The van der Waals surface area contributed by atoms with Crippen molar-refractivity contribution >= 4 is 23.2 Å². The minimum absolute atomic E-state index is 0.0464. The number of carbonyl (C=O) groups excluding carboxylic acids is 1. The van der Waals surface area contributed by atoms with Crippen LogP contribution in [0.5, 0.6) is 0 Å². The smallest absolute Gasteiger partial charge is 0.323 e. The SMILES string of the molecule is CC(C)c1cc([C@H]2CCCN2C(=O)Nc2ccnn2Cc2cccs2)no1. The van der Waals surface area contributed by atoms with Crippen LogP contribution in [0.25, 0.3) is 0 Å². The molecule has 2 amide bonds. The molecule has 1 aliphatic rings. The van der Waals surface area contributed by atoms with Gasteiger partial charge in [-0.1, -0.05) is 25.1 Å². The lowest BCUT2D eigenvalue weighted by molar-refractivity contribution is 0.204. The van der Waals surface area contributed by atoms with Crippen LogP contribution in [0.1, 0.15) is 55.0 Å². The van der Waals surface area contributed by atoms with Gasteiger partial charge in [0.2, 0.25) is 0 Å². The summed E-state index contributed by atoms with van der Waals surface area (Å²) < 4.78 is 7.24. The number of amides is 2. The molecular formula is C19H23N5O2S. The van der Waals surface area contributed by atoms with E-state index in [1.807, 2.05) is 33.2 Å². The van der Waals surface area contributed by atoms with Gasteiger partial charge in [-0.15, -0.1) is 11.3 Å². The van der Waals surface area contributed by atoms with Gasteiger partial charge in [0.15, 0.2) is 0 Å². The Labute approximate surface area is 162 Å². The first kappa shape index (κ1) is 17.8. The van der Waals surface area contributed by atoms with Gasteiger partial charge in [-0.2, -0.15) is 5.10 Å². The molecule has 1 saturated heterocycles. The standard InChI is InChI=1S/C19H23N5O2S/c1-13(2)17-11-15(22-26-17)16-6-3-9-23(16)19(25)21-18-7-8-20-24(18)12-14-5-4-10-27-14/h4-5,7-8,10-11,13,16H,3,6,9,12H2,1-2H3,(H,21,25)/t16-/m1/s1. The summed E-state index contributed by atoms with van der Waals surface area (Å²) in [6.07, 6.45) is 3.56. The maximum absolute atomic E-state index is 12.9. The lowest BCUT2D eigenvalue weighted by Crippen LogP contribution is -2.35. The van der Waals surface area contributed by atoms with Crippen LogP contribution in [-0.4, -0.2) is 32.4 Å². The van der Waals surface area contributed by atoms with Gasteiger partial charge in [0.05, 0.1) is 18.8 Å². The molecule has 0 aromatic carbocycles. The van der Waals surface area contributed by atoms with E-state index in [9.17, 15) is 4.79 Å². The van der Waals surface area contributed by atoms with E-state index in [0.717, 1.165) is 24.3 Å². The van der Waals surface area contributed by atoms with E-state index in [-0.39, 0.29) is 18.0 Å². The second-order valence-corrected chi connectivity index (χ2v) is 8.08. The molecule has 4 heterocycles. The average Bonchev–Trinajstić information content (AvgIpc) is 3.43. The van der Waals surface area contributed by atoms with Crippen LogP contribution in [0.4, 0.5) is 10.6 Å². The molecular weight excluding hydrogens is 362 g/mol. The summed E-state index contributed by atoms with van der Waals surface area (Å²) >= 11 is 1.67. The molecule has 0 saturated carbocycles. The van der Waals surface area contributed by atoms with Crippen molar-refractivity contribution in [2.45, 2.75) is 45.2 Å². The number of hydrogen-bond acceptors (Lipinski definition) is 5. The van der Waals surface area contributed by atoms with Crippen LogP contribution in [0, 0.1) is 0 Å². The molecule has 7 nitrogen and oxygen atoms in total. The van der Waals surface area contributed by atoms with Crippen LogP contribution in [-0.2, 0) is 6.54 Å². The van der Waals surface area contributed by atoms with Crippen LogP contribution < -0.4 is 5.32 Å². The summed E-state index contributed by atoms with van der Waals surface area (Å²) in [4.78, 5) is 15.9. The highest BCUT2D eigenvalue weighted by Gasteiger charge is 2.33. The summed E-state index contributed by atoms with van der Waals surface area (Å²) in [7, 11) is 0. The highest BCUT2D eigenvalue weighted by molar-refractivity contribution is 7.09. The summed E-state index contributed by atoms with van der Waals surface area (Å²) in [6.45, 7) is 5.49. The van der Waals surface area contributed by atoms with E-state index in [1.165, 1.54) is 4.88 Å². The van der Waals surface area contributed by atoms with Gasteiger partial charge in [0, 0.05) is 29.5 Å². The number of aromatic nitrogens is 3. The Morgan fingerprint density at radius 3 is 3.07 bits per heavy atom. The Balaban J connectivity index is 1.47. The monoisotopic (exact) mass is 385 g/mol. The third kappa shape index (κ3) is 3.75. The second kappa shape index (κ2) is 7.56. The minimum atomic E-state index is -0.125. The number of hydrogen-bond donors (Lipinski definition) is 1. The molecule has 0 radical (unpaired) electrons. The molecule has 0 unspecified atom stereocenters. The maximum Gasteiger partial charge on any atom is 0.323 e. The van der Waals surface area contributed by atoms with E-state index in [2.05, 4.69) is 35.5 Å². The van der Waals surface area contributed by atoms with Crippen molar-refractivity contribution in [3.8, 4) is 0 Å². The maximum atomic E-state index is 12.9. The molecule has 1 aliphatic heterocycles. The minimum Gasteiger partial charge on any atom is -0.361 e. The average molecular weight is 385 g/mol. The molecule has 0 spiro atoms. The molecule has 3 aromatic heterocycles. The molecule has 1 fully saturated rings. The van der Waals surface area contributed by atoms with Crippen LogP contribution in [0.3, 0.4) is 0 Å². The molecule has 0 aliphatic carbocycles. The summed E-state index contributed by atoms with van der Waals surface area (Å²) in [5, 5.41) is 13.6. The van der Waals surface area contributed by atoms with Crippen molar-refractivity contribution < 1.29 is 9.32 Å². The Kier molecular flexibility index (Phi) is 4.98. The first-order valence-corrected chi connectivity index (χ1v) is 10.1. The second-order valence-electron chi connectivity index (χ2n) is 7.04. The number of nitrogens with zero attached hydrogens (tertiary/aromatic N) is 4. The normalized spacial score (nSPS) is 17.0. The summed E-state index contributed by atoms with van der Waals surface area (Å²) in [5.74, 6) is 1.83. The molecule has 4 rings (SSSR count). The quantitative estimate of drug-likeness (QED) is 0.703. The van der Waals surface area contributed by atoms with Crippen molar-refractivity contribution in [1.29, 1.82) is 0 Å². The topological polar surface area (TPSA) is 76.2 Å². The number of thiophene rings is 1. The largest absolute Gasteiger partial charge is 0.361 e. The number of nitrogens with one attached hydrogen (secondary N) is 1. The highest BCUT2D eigenvalue weighted by Crippen LogP contribution is 2.33. The van der Waals surface area contributed by atoms with Gasteiger partial charge >= 0.3 is 6.03 Å². The van der Waals surface area contributed by atoms with Gasteiger partial charge in [0.1, 0.15) is 17.3 Å². The lowest BCUT2D eigenvalue weighted by atomic mass is 10.1. The zero-order valence-electron chi connectivity index (χ0n) is 15.5. The van der Waals surface area contributed by atoms with Crippen molar-refractivity contribution in [3.05, 3.63) is 52.2 Å². The molecule has 1 N–H and O–H groups in total. The van der Waals surface area contributed by atoms with Gasteiger partial charge in [-0.3, -0.25) is 5.32 Å². The van der Waals surface area contributed by atoms with Gasteiger partial charge < -0.3 is 9.42 Å². The molecule has 8 heteroatoms. The van der Waals surface area contributed by atoms with Gasteiger partial charge in [-0.05, 0) is 24.3 Å². The predicted octanol–water partition coefficient (Wildman–Crippen LogP) is 4.47. The number of rotatable bonds is 5. The van der Waals surface area contributed by atoms with Crippen molar-refractivity contribution in [2.24, 2.45) is 0 Å². The fourth-order valence-corrected chi connectivity index (χ4v) is 4.03. The Morgan fingerprint density at radius 2 is 2.33 bits per heavy atom. The van der Waals surface area contributed by atoms with E-state index in [1.54, 1.807) is 17.5 Å². The molecule has 3 aromatic rings. The number of likely N-dealkylation sites (tertiary alicyclic amines) is 1. The van der Waals surface area contributed by atoms with Crippen molar-refractivity contribution in [2.75, 3.05) is 11.9 Å². The van der Waals surface area contributed by atoms with Crippen LogP contribution in [0.15, 0.2) is 40.4 Å². The predicted molar refractivity (Wildman–Crippen MR) is 104 cm³/mol. The van der Waals surface area contributed by atoms with Crippen LogP contribution in [0.2, 0.25) is 0 Å². The molecule has 27 heavy (non-hydrogen) atoms. The van der Waals surface area contributed by atoms with Crippen LogP contribution >= 0.6 is 11.3 Å². The van der Waals surface area contributed by atoms with E-state index in [4.69, 9.17) is 4.52 Å². The lowest BCUT2D eigenvalue weighted by Gasteiger charge is -2.23. The fourth-order valence-electron chi connectivity index (χ4n) is 3.35. The third-order valence-electron chi connectivity index (χ3n) is 4.81. The van der Waals surface area contributed by atoms with Gasteiger partial charge in [0.25, 0.3) is 0 Å². The van der Waals surface area contributed by atoms with Gasteiger partial charge in [-0.25, -0.2) is 9.48 Å². The molecule has 1 atom stereocenters. The zero-order chi connectivity index (χ0) is 18.8. The Bertz CT molecular complexity index is 899. The summed E-state index contributed by atoms with van der Waals surface area (Å²) in [6, 6.07) is 7.70. The van der Waals surface area contributed by atoms with E-state index >= 15 is 0 Å². The first-order chi connectivity index (χ1) is 13.1. The number of carbonyl (C=O) groups is 1. The van der Waals surface area contributed by atoms with E-state index in [0.29, 0.717) is 18.9 Å². The molecule has 0 bridgehead atoms. The third-order valence-corrected chi connectivity index (χ3v) is 5.67. The number of anilines is 1. The Morgan fingerprint density at radius 1 is 1.44 bits per heavy atom. The number of urea groups is 1. The Hall–Kier alpha value is -2.61. The zero-order valence-corrected chi connectivity index (χ0v) is 16.3. The first-order valence-electron chi connectivity index (χ1n) is 9.20.